The van der Waals surface area contributed by atoms with Crippen molar-refractivity contribution in [3.63, 3.8) is 0 Å². The quantitative estimate of drug-likeness (QED) is 0.837. The van der Waals surface area contributed by atoms with E-state index in [2.05, 4.69) is 5.32 Å². The monoisotopic (exact) mass is 239 g/mol. The molecule has 1 aromatic heterocycles. The molecule has 0 saturated heterocycles. The van der Waals surface area contributed by atoms with Gasteiger partial charge in [-0.05, 0) is 26.1 Å². The second-order valence-corrected chi connectivity index (χ2v) is 3.79. The first-order valence-corrected chi connectivity index (χ1v) is 5.12. The Morgan fingerprint density at radius 3 is 2.71 bits per heavy atom. The number of fused-ring (bicyclic) bond motifs is 1. The topological polar surface area (TPSA) is 42.2 Å². The molecule has 0 spiro atoms. The number of rotatable bonds is 3. The number of Topliss-reactive ketones (excluding diaryl/α,β-unsaturated/α-hetero) is 1. The van der Waals surface area contributed by atoms with Crippen LogP contribution in [-0.2, 0) is 0 Å². The molecule has 0 bridgehead atoms. The van der Waals surface area contributed by atoms with Gasteiger partial charge in [-0.15, -0.1) is 0 Å². The van der Waals surface area contributed by atoms with Crippen molar-refractivity contribution in [3.05, 3.63) is 35.6 Å². The summed E-state index contributed by atoms with van der Waals surface area (Å²) < 4.78 is 31.7. The Balaban J connectivity index is 2.55. The maximum absolute atomic E-state index is 13.7. The van der Waals surface area contributed by atoms with Crippen LogP contribution in [0.5, 0.6) is 0 Å². The maximum Gasteiger partial charge on any atom is 0.182 e. The molecule has 0 fully saturated rings. The van der Waals surface area contributed by atoms with E-state index in [1.807, 2.05) is 0 Å². The van der Waals surface area contributed by atoms with Gasteiger partial charge < -0.3 is 9.73 Å². The van der Waals surface area contributed by atoms with Crippen molar-refractivity contribution in [3.8, 4) is 0 Å². The van der Waals surface area contributed by atoms with E-state index in [1.165, 1.54) is 6.07 Å². The summed E-state index contributed by atoms with van der Waals surface area (Å²) in [6, 6.07) is 1.69. The number of hydrogen-bond acceptors (Lipinski definition) is 3. The maximum atomic E-state index is 13.7. The molecule has 2 rings (SSSR count). The van der Waals surface area contributed by atoms with Crippen LogP contribution in [0.1, 0.15) is 17.3 Å². The molecule has 0 saturated carbocycles. The van der Waals surface area contributed by atoms with Gasteiger partial charge in [-0.2, -0.15) is 0 Å². The van der Waals surface area contributed by atoms with Crippen molar-refractivity contribution in [2.75, 3.05) is 7.05 Å². The number of carbonyl (C=O) groups is 1. The van der Waals surface area contributed by atoms with Gasteiger partial charge >= 0.3 is 0 Å². The largest absolute Gasteiger partial charge is 0.461 e. The Morgan fingerprint density at radius 2 is 2.06 bits per heavy atom. The minimum absolute atomic E-state index is 0.0381. The predicted molar refractivity (Wildman–Crippen MR) is 59.0 cm³/mol. The molecule has 0 radical (unpaired) electrons. The van der Waals surface area contributed by atoms with E-state index in [-0.39, 0.29) is 16.5 Å². The molecule has 0 aliphatic rings. The van der Waals surface area contributed by atoms with Crippen molar-refractivity contribution in [1.82, 2.24) is 5.32 Å². The van der Waals surface area contributed by atoms with Crippen molar-refractivity contribution < 1.29 is 18.0 Å². The van der Waals surface area contributed by atoms with E-state index in [9.17, 15) is 13.6 Å². The Hall–Kier alpha value is -1.75. The summed E-state index contributed by atoms with van der Waals surface area (Å²) in [6.45, 7) is 1.62. The van der Waals surface area contributed by atoms with Gasteiger partial charge in [0.15, 0.2) is 11.6 Å². The fourth-order valence-electron chi connectivity index (χ4n) is 1.57. The molecule has 1 aromatic carbocycles. The molecule has 2 aromatic rings. The fraction of sp³-hybridized carbons (Fsp3) is 0.250. The SMILES string of the molecule is CNC(C)C(=O)c1cc2occ(F)c2cc1F. The summed E-state index contributed by atoms with van der Waals surface area (Å²) in [5.74, 6) is -1.78. The summed E-state index contributed by atoms with van der Waals surface area (Å²) in [6.07, 6.45) is 0.889. The normalized spacial score (nSPS) is 12.9. The zero-order chi connectivity index (χ0) is 12.6. The third-order valence-electron chi connectivity index (χ3n) is 2.71. The molecule has 90 valence electrons. The predicted octanol–water partition coefficient (Wildman–Crippen LogP) is 2.50. The highest BCUT2D eigenvalue weighted by atomic mass is 19.1. The number of benzene rings is 1. The molecule has 1 unspecified atom stereocenters. The van der Waals surface area contributed by atoms with Crippen molar-refractivity contribution in [2.45, 2.75) is 13.0 Å². The summed E-state index contributed by atoms with van der Waals surface area (Å²) in [5.41, 5.74) is 0.0595. The summed E-state index contributed by atoms with van der Waals surface area (Å²) in [7, 11) is 1.60. The van der Waals surface area contributed by atoms with Crippen molar-refractivity contribution in [1.29, 1.82) is 0 Å². The van der Waals surface area contributed by atoms with Gasteiger partial charge in [0.25, 0.3) is 0 Å². The van der Waals surface area contributed by atoms with Crippen LogP contribution >= 0.6 is 0 Å². The highest BCUT2D eigenvalue weighted by Gasteiger charge is 2.20. The Morgan fingerprint density at radius 1 is 1.35 bits per heavy atom. The minimum atomic E-state index is -0.745. The Labute approximate surface area is 96.4 Å². The zero-order valence-corrected chi connectivity index (χ0v) is 9.38. The lowest BCUT2D eigenvalue weighted by molar-refractivity contribution is 0.0951. The molecule has 1 atom stereocenters. The van der Waals surface area contributed by atoms with Gasteiger partial charge in [0.05, 0.1) is 17.0 Å². The van der Waals surface area contributed by atoms with Gasteiger partial charge in [-0.1, -0.05) is 0 Å². The van der Waals surface area contributed by atoms with E-state index < -0.39 is 23.5 Å². The number of ketones is 1. The van der Waals surface area contributed by atoms with Crippen LogP contribution in [0, 0.1) is 11.6 Å². The zero-order valence-electron chi connectivity index (χ0n) is 9.38. The van der Waals surface area contributed by atoms with Crippen molar-refractivity contribution in [2.24, 2.45) is 0 Å². The number of carbonyl (C=O) groups excluding carboxylic acids is 1. The number of nitrogens with one attached hydrogen (secondary N) is 1. The van der Waals surface area contributed by atoms with Crippen LogP contribution in [0.15, 0.2) is 22.8 Å². The van der Waals surface area contributed by atoms with Gasteiger partial charge in [0.2, 0.25) is 0 Å². The molecule has 1 heterocycles. The molecule has 0 aliphatic heterocycles. The van der Waals surface area contributed by atoms with Crippen LogP contribution in [0.2, 0.25) is 0 Å². The molecule has 0 amide bonds. The summed E-state index contributed by atoms with van der Waals surface area (Å²) in [5, 5.41) is 2.76. The van der Waals surface area contributed by atoms with Crippen LogP contribution in [0.4, 0.5) is 8.78 Å². The van der Waals surface area contributed by atoms with Gasteiger partial charge in [-0.3, -0.25) is 4.79 Å². The highest BCUT2D eigenvalue weighted by Crippen LogP contribution is 2.24. The average molecular weight is 239 g/mol. The molecule has 3 nitrogen and oxygen atoms in total. The Bertz CT molecular complexity index is 577. The minimum Gasteiger partial charge on any atom is -0.461 e. The van der Waals surface area contributed by atoms with E-state index >= 15 is 0 Å². The molecular formula is C12H11F2NO2. The van der Waals surface area contributed by atoms with Crippen LogP contribution in [0.3, 0.4) is 0 Å². The van der Waals surface area contributed by atoms with Gasteiger partial charge in [0, 0.05) is 0 Å². The Kier molecular flexibility index (Phi) is 2.93. The lowest BCUT2D eigenvalue weighted by Gasteiger charge is -2.09. The highest BCUT2D eigenvalue weighted by molar-refractivity contribution is 6.02. The first-order chi connectivity index (χ1) is 8.04. The van der Waals surface area contributed by atoms with Crippen LogP contribution in [-0.4, -0.2) is 18.9 Å². The number of hydrogen-bond donors (Lipinski definition) is 1. The number of furan rings is 1. The molecule has 17 heavy (non-hydrogen) atoms. The second-order valence-electron chi connectivity index (χ2n) is 3.79. The van der Waals surface area contributed by atoms with Gasteiger partial charge in [0.1, 0.15) is 17.7 Å². The second kappa shape index (κ2) is 4.25. The molecule has 1 N–H and O–H groups in total. The first-order valence-electron chi connectivity index (χ1n) is 5.12. The summed E-state index contributed by atoms with van der Waals surface area (Å²) >= 11 is 0. The lowest BCUT2D eigenvalue weighted by atomic mass is 10.0. The average Bonchev–Trinajstić information content (AvgIpc) is 2.68. The summed E-state index contributed by atoms with van der Waals surface area (Å²) in [4.78, 5) is 11.8. The third kappa shape index (κ3) is 1.93. The number of halogens is 2. The van der Waals surface area contributed by atoms with E-state index in [0.717, 1.165) is 12.3 Å². The van der Waals surface area contributed by atoms with Crippen molar-refractivity contribution >= 4 is 16.8 Å². The number of likely N-dealkylation sites (N-methyl/N-ethyl adjacent to an activating group) is 1. The fourth-order valence-corrected chi connectivity index (χ4v) is 1.57. The van der Waals surface area contributed by atoms with Crippen LogP contribution < -0.4 is 5.32 Å². The lowest BCUT2D eigenvalue weighted by Crippen LogP contribution is -2.31. The molecular weight excluding hydrogens is 228 g/mol. The molecule has 5 heteroatoms. The van der Waals surface area contributed by atoms with Gasteiger partial charge in [-0.25, -0.2) is 8.78 Å². The van der Waals surface area contributed by atoms with E-state index in [4.69, 9.17) is 4.42 Å². The third-order valence-corrected chi connectivity index (χ3v) is 2.71. The van der Waals surface area contributed by atoms with E-state index in [0.29, 0.717) is 0 Å². The molecule has 0 aliphatic carbocycles. The smallest absolute Gasteiger partial charge is 0.182 e. The standard InChI is InChI=1S/C12H11F2NO2/c1-6(15-2)12(16)8-4-11-7(3-9(8)13)10(14)5-17-11/h3-6,15H,1-2H3. The van der Waals surface area contributed by atoms with Crippen LogP contribution in [0.25, 0.3) is 11.0 Å². The van der Waals surface area contributed by atoms with E-state index in [1.54, 1.807) is 14.0 Å². The first kappa shape index (κ1) is 11.7.